The normalized spacial score (nSPS) is 13.7. The highest BCUT2D eigenvalue weighted by Crippen LogP contribution is 2.43. The number of benzene rings is 2. The van der Waals surface area contributed by atoms with Crippen LogP contribution in [0.1, 0.15) is 58.4 Å². The van der Waals surface area contributed by atoms with Crippen LogP contribution in [0.25, 0.3) is 11.0 Å². The molecule has 8 heteroatoms. The summed E-state index contributed by atoms with van der Waals surface area (Å²) in [6.07, 6.45) is 0. The van der Waals surface area contributed by atoms with Crippen molar-refractivity contribution >= 4 is 30.9 Å². The van der Waals surface area contributed by atoms with Gasteiger partial charge in [0.05, 0.1) is 18.2 Å². The molecule has 0 spiro atoms. The van der Waals surface area contributed by atoms with Crippen molar-refractivity contribution < 1.29 is 28.3 Å². The average Bonchev–Trinajstić information content (AvgIpc) is 2.69. The number of fused-ring (bicyclic) bond motifs is 4. The number of aryl methyl sites for hydroxylation is 1. The Balaban J connectivity index is 1.99. The highest BCUT2D eigenvalue weighted by atomic mass is 28.4. The van der Waals surface area contributed by atoms with Crippen molar-refractivity contribution in [3.05, 3.63) is 62.5 Å². The highest BCUT2D eigenvalue weighted by molar-refractivity contribution is 6.74. The van der Waals surface area contributed by atoms with Gasteiger partial charge in [0, 0.05) is 23.3 Å². The largest absolute Gasteiger partial charge is 0.543 e. The molecule has 0 fully saturated rings. The quantitative estimate of drug-likeness (QED) is 0.425. The van der Waals surface area contributed by atoms with Crippen molar-refractivity contribution in [2.75, 3.05) is 7.11 Å². The minimum atomic E-state index is -2.28. The van der Waals surface area contributed by atoms with E-state index in [0.29, 0.717) is 11.5 Å². The van der Waals surface area contributed by atoms with Crippen LogP contribution in [0.3, 0.4) is 0 Å². The Hall–Kier alpha value is -3.39. The fourth-order valence-corrected chi connectivity index (χ4v) is 4.79. The van der Waals surface area contributed by atoms with E-state index in [1.165, 1.54) is 31.4 Å². The molecule has 2 aromatic carbocycles. The van der Waals surface area contributed by atoms with E-state index in [0.717, 1.165) is 0 Å². The molecule has 0 saturated heterocycles. The molecule has 7 nitrogen and oxygen atoms in total. The molecule has 3 aromatic rings. The molecule has 0 unspecified atom stereocenters. The van der Waals surface area contributed by atoms with Gasteiger partial charge in [0.15, 0.2) is 22.6 Å². The number of ether oxygens (including phenoxy) is 1. The summed E-state index contributed by atoms with van der Waals surface area (Å²) < 4.78 is 17.4. The third-order valence-corrected chi connectivity index (χ3v) is 10.9. The van der Waals surface area contributed by atoms with Gasteiger partial charge in [-0.25, -0.2) is 0 Å². The second-order valence-electron chi connectivity index (χ2n) is 9.81. The summed E-state index contributed by atoms with van der Waals surface area (Å²) in [6.45, 7) is 11.9. The molecule has 1 heterocycles. The lowest BCUT2D eigenvalue weighted by Crippen LogP contribution is -2.43. The Morgan fingerprint density at radius 2 is 1.55 bits per heavy atom. The summed E-state index contributed by atoms with van der Waals surface area (Å²) in [7, 11) is -0.913. The molecular weight excluding hydrogens is 440 g/mol. The summed E-state index contributed by atoms with van der Waals surface area (Å²) in [5.74, 6) is -0.684. The smallest absolute Gasteiger partial charge is 0.250 e. The van der Waals surface area contributed by atoms with Crippen molar-refractivity contribution in [3.8, 4) is 17.2 Å². The van der Waals surface area contributed by atoms with Crippen molar-refractivity contribution in [2.24, 2.45) is 0 Å². The van der Waals surface area contributed by atoms with E-state index >= 15 is 0 Å². The van der Waals surface area contributed by atoms with E-state index < -0.39 is 19.9 Å². The van der Waals surface area contributed by atoms with Gasteiger partial charge in [-0.05, 0) is 37.2 Å². The first-order valence-electron chi connectivity index (χ1n) is 10.6. The Morgan fingerprint density at radius 1 is 0.939 bits per heavy atom. The maximum Gasteiger partial charge on any atom is 0.250 e. The first kappa shape index (κ1) is 22.8. The summed E-state index contributed by atoms with van der Waals surface area (Å²) in [4.78, 5) is 39.7. The second-order valence-corrected chi connectivity index (χ2v) is 14.5. The fraction of sp³-hybridized carbons (Fsp3) is 0.320. The number of rotatable bonds is 3. The maximum atomic E-state index is 13.6. The molecule has 0 amide bonds. The SMILES string of the molecule is COc1cc2c(c3oc(C)cc(=O)c13)C(=O)c1cc(O[Si](C)(C)C(C)(C)C)cc(O)c1C2=O. The number of ketones is 2. The van der Waals surface area contributed by atoms with Gasteiger partial charge in [-0.15, -0.1) is 0 Å². The number of carbonyl (C=O) groups is 2. The van der Waals surface area contributed by atoms with Crippen molar-refractivity contribution in [1.29, 1.82) is 0 Å². The monoisotopic (exact) mass is 466 g/mol. The fourth-order valence-electron chi connectivity index (χ4n) is 3.78. The zero-order valence-electron chi connectivity index (χ0n) is 19.7. The van der Waals surface area contributed by atoms with Crippen LogP contribution in [0.4, 0.5) is 0 Å². The number of hydrogen-bond acceptors (Lipinski definition) is 7. The van der Waals surface area contributed by atoms with Crippen LogP contribution in [-0.4, -0.2) is 32.1 Å². The highest BCUT2D eigenvalue weighted by Gasteiger charge is 2.41. The number of phenols is 1. The standard InChI is InChI=1S/C25H26O7Si/c1-12-8-16(26)21-18(30-5)11-15-20(24(21)31-12)23(29)14-9-13(10-17(27)19(14)22(15)28)32-33(6,7)25(2,3)4/h8-11,27H,1-7H3. The Labute approximate surface area is 192 Å². The van der Waals surface area contributed by atoms with Crippen molar-refractivity contribution in [1.82, 2.24) is 0 Å². The zero-order chi connectivity index (χ0) is 24.5. The lowest BCUT2D eigenvalue weighted by Gasteiger charge is -2.36. The summed E-state index contributed by atoms with van der Waals surface area (Å²) >= 11 is 0. The number of methoxy groups -OCH3 is 1. The van der Waals surface area contributed by atoms with E-state index in [1.54, 1.807) is 6.92 Å². The van der Waals surface area contributed by atoms with Crippen molar-refractivity contribution in [2.45, 2.75) is 45.8 Å². The van der Waals surface area contributed by atoms with Crippen LogP contribution in [0.15, 0.2) is 33.5 Å². The molecule has 0 radical (unpaired) electrons. The average molecular weight is 467 g/mol. The molecule has 0 bridgehead atoms. The van der Waals surface area contributed by atoms with E-state index in [9.17, 15) is 19.5 Å². The molecule has 4 rings (SSSR count). The molecule has 0 saturated carbocycles. The number of carbonyl (C=O) groups excluding carboxylic acids is 2. The molecule has 0 atom stereocenters. The van der Waals surface area contributed by atoms with Gasteiger partial charge >= 0.3 is 0 Å². The first-order valence-corrected chi connectivity index (χ1v) is 13.5. The summed E-state index contributed by atoms with van der Waals surface area (Å²) in [6, 6.07) is 5.52. The van der Waals surface area contributed by atoms with Gasteiger partial charge in [-0.1, -0.05) is 20.8 Å². The van der Waals surface area contributed by atoms with Gasteiger partial charge < -0.3 is 18.7 Å². The van der Waals surface area contributed by atoms with Gasteiger partial charge in [0.1, 0.15) is 28.4 Å². The van der Waals surface area contributed by atoms with Crippen LogP contribution in [0.2, 0.25) is 18.1 Å². The summed E-state index contributed by atoms with van der Waals surface area (Å²) in [5, 5.41) is 10.7. The minimum Gasteiger partial charge on any atom is -0.543 e. The lowest BCUT2D eigenvalue weighted by molar-refractivity contribution is 0.0976. The number of phenolic OH excluding ortho intramolecular Hbond substituents is 1. The number of hydrogen-bond donors (Lipinski definition) is 1. The van der Waals surface area contributed by atoms with Crippen LogP contribution in [0, 0.1) is 6.92 Å². The second kappa shape index (κ2) is 7.31. The third-order valence-electron chi connectivity index (χ3n) is 6.52. The van der Waals surface area contributed by atoms with E-state index in [2.05, 4.69) is 20.8 Å². The number of aromatic hydroxyl groups is 1. The molecule has 0 aliphatic heterocycles. The van der Waals surface area contributed by atoms with Gasteiger partial charge in [-0.2, -0.15) is 0 Å². The molecule has 1 aliphatic carbocycles. The molecule has 33 heavy (non-hydrogen) atoms. The lowest BCUT2D eigenvalue weighted by atomic mass is 9.82. The maximum absolute atomic E-state index is 13.6. The van der Waals surface area contributed by atoms with Crippen molar-refractivity contribution in [3.63, 3.8) is 0 Å². The molecule has 1 aromatic heterocycles. The predicted molar refractivity (Wildman–Crippen MR) is 127 cm³/mol. The molecule has 172 valence electrons. The first-order chi connectivity index (χ1) is 15.3. The molecule has 1 aliphatic rings. The van der Waals surface area contributed by atoms with Crippen LogP contribution in [-0.2, 0) is 0 Å². The van der Waals surface area contributed by atoms with E-state index in [1.807, 2.05) is 13.1 Å². The topological polar surface area (TPSA) is 103 Å². The summed E-state index contributed by atoms with van der Waals surface area (Å²) in [5.41, 5.74) is -0.485. The Morgan fingerprint density at radius 3 is 2.15 bits per heavy atom. The minimum absolute atomic E-state index is 0.00597. The van der Waals surface area contributed by atoms with E-state index in [-0.39, 0.29) is 55.2 Å². The van der Waals surface area contributed by atoms with E-state index in [4.69, 9.17) is 13.6 Å². The Kier molecular flexibility index (Phi) is 5.05. The van der Waals surface area contributed by atoms with Gasteiger partial charge in [0.2, 0.25) is 8.32 Å². The zero-order valence-corrected chi connectivity index (χ0v) is 20.7. The predicted octanol–water partition coefficient (Wildman–Crippen LogP) is 4.98. The molecule has 1 N–H and O–H groups in total. The van der Waals surface area contributed by atoms with Crippen LogP contribution in [0.5, 0.6) is 17.2 Å². The third kappa shape index (κ3) is 3.45. The van der Waals surface area contributed by atoms with Crippen LogP contribution >= 0.6 is 0 Å². The molecular formula is C25H26O7Si. The van der Waals surface area contributed by atoms with Crippen LogP contribution < -0.4 is 14.6 Å². The van der Waals surface area contributed by atoms with Gasteiger partial charge in [-0.3, -0.25) is 14.4 Å². The van der Waals surface area contributed by atoms with Gasteiger partial charge in [0.25, 0.3) is 0 Å². The Bertz CT molecular complexity index is 1410.